The summed E-state index contributed by atoms with van der Waals surface area (Å²) in [7, 11) is 0. The average molecular weight is 1240 g/mol. The number of ether oxygens (including phenoxy) is 1. The van der Waals surface area contributed by atoms with Gasteiger partial charge >= 0.3 is 0 Å². The number of anilines is 4. The number of benzene rings is 8. The molecule has 10 aromatic rings. The van der Waals surface area contributed by atoms with Crippen LogP contribution >= 0.6 is 0 Å². The number of aromatic nitrogens is 2. The second kappa shape index (κ2) is 20.7. The van der Waals surface area contributed by atoms with Gasteiger partial charge in [-0.3, -0.25) is 0 Å². The first-order valence-electron chi connectivity index (χ1n) is 33.8. The van der Waals surface area contributed by atoms with Crippen LogP contribution in [0.5, 0.6) is 11.5 Å². The van der Waals surface area contributed by atoms with Crippen molar-refractivity contribution < 1.29 is 43.6 Å². The van der Waals surface area contributed by atoms with Crippen molar-refractivity contribution in [3.8, 4) is 50.7 Å². The second-order valence-corrected chi connectivity index (χ2v) is 24.7. The molecule has 0 saturated carbocycles. The van der Waals surface area contributed by atoms with Gasteiger partial charge in [-0.25, -0.2) is 4.98 Å². The van der Waals surface area contributed by atoms with Gasteiger partial charge in [-0.05, 0) is 133 Å². The Morgan fingerprint density at radius 2 is 1.30 bits per heavy atom. The molecule has 0 amide bonds. The second-order valence-electron chi connectivity index (χ2n) is 24.7. The maximum absolute atomic E-state index is 10.0. The molecule has 0 N–H and O–H groups in total. The Bertz CT molecular complexity index is 4700. The van der Waals surface area contributed by atoms with Gasteiger partial charge in [0, 0.05) is 75.2 Å². The molecule has 2 aromatic heterocycles. The zero-order valence-corrected chi connectivity index (χ0v) is 49.7. The van der Waals surface area contributed by atoms with Gasteiger partial charge in [0.15, 0.2) is 0 Å². The normalized spacial score (nSPS) is 17.3. The molecule has 1 aliphatic heterocycles. The summed E-state index contributed by atoms with van der Waals surface area (Å²) in [6.45, 7) is 25.9. The number of nitrogens with zero attached hydrogens (tertiary/aromatic N) is 4. The molecule has 12 rings (SSSR count). The molecule has 0 bridgehead atoms. The molecule has 0 atom stereocenters. The minimum absolute atomic E-state index is 0. The molecule has 8 aromatic carbocycles. The van der Waals surface area contributed by atoms with Crippen molar-refractivity contribution in [2.45, 2.75) is 124 Å². The van der Waals surface area contributed by atoms with Crippen LogP contribution in [0.25, 0.3) is 61.0 Å². The third-order valence-corrected chi connectivity index (χ3v) is 15.5. The summed E-state index contributed by atoms with van der Waals surface area (Å²) in [5, 5.41) is 0.867. The van der Waals surface area contributed by atoms with E-state index in [1.54, 1.807) is 69.6 Å². The van der Waals surface area contributed by atoms with E-state index in [1.165, 1.54) is 11.1 Å². The Labute approximate surface area is 508 Å². The molecule has 5 nitrogen and oxygen atoms in total. The van der Waals surface area contributed by atoms with Gasteiger partial charge in [-0.1, -0.05) is 198 Å². The molecule has 80 heavy (non-hydrogen) atoms. The predicted octanol–water partition coefficient (Wildman–Crippen LogP) is 20.1. The first-order valence-corrected chi connectivity index (χ1v) is 27.3. The quantitative estimate of drug-likeness (QED) is 0.128. The van der Waals surface area contributed by atoms with Crippen LogP contribution in [0.4, 0.5) is 22.7 Å². The van der Waals surface area contributed by atoms with E-state index < -0.39 is 47.9 Å². The summed E-state index contributed by atoms with van der Waals surface area (Å²) in [6.07, 6.45) is 1.45. The maximum Gasteiger partial charge on any atom is 0.135 e. The van der Waals surface area contributed by atoms with Gasteiger partial charge in [-0.2, -0.15) is 12.1 Å². The van der Waals surface area contributed by atoms with Crippen LogP contribution in [0.1, 0.15) is 142 Å². The van der Waals surface area contributed by atoms with Crippen molar-refractivity contribution in [3.63, 3.8) is 0 Å². The van der Waals surface area contributed by atoms with Crippen LogP contribution in [-0.2, 0) is 49.1 Å². The van der Waals surface area contributed by atoms with Crippen LogP contribution in [0.15, 0.2) is 176 Å². The van der Waals surface area contributed by atoms with Crippen LogP contribution in [0.2, 0.25) is 0 Å². The van der Waals surface area contributed by atoms with Gasteiger partial charge in [0.2, 0.25) is 0 Å². The van der Waals surface area contributed by atoms with E-state index in [0.717, 1.165) is 35.2 Å². The standard InChI is InChI=1S/C74H73N4O.Pt/c1-48(2)39-49-40-53(42-55(41-49)72(6,7)8)50-27-29-51(30-28-50)59-22-18-23-60(52-31-34-63-64(43-52)74(11,12)37-36-73(63,9)10)70(59)77-47-76(66-25-15-16-26-67(66)77)56-19-17-20-57(45-56)79-58-32-33-62-61-21-13-14-24-65(61)78(68(62)46-58)69-44-54(35-38-75-69)71(3,4)5;/h13-35,38,40-44,47-48H,36-37,39H2,1-12H3;/q-3;/i13D,14D,21D,24D,27D,28D,29D,30D,39D2,40D,41D,42D;. The van der Waals surface area contributed by atoms with Crippen molar-refractivity contribution in [2.24, 2.45) is 5.92 Å². The zero-order chi connectivity index (χ0) is 66.5. The van der Waals surface area contributed by atoms with E-state index in [2.05, 4.69) is 78.8 Å². The van der Waals surface area contributed by atoms with Crippen LogP contribution in [0, 0.1) is 24.7 Å². The first-order chi connectivity index (χ1) is 43.1. The smallest absolute Gasteiger partial charge is 0.135 e. The Morgan fingerprint density at radius 3 is 2.02 bits per heavy atom. The third-order valence-electron chi connectivity index (χ3n) is 15.5. The Morgan fingerprint density at radius 1 is 0.637 bits per heavy atom. The molecule has 2 aliphatic rings. The minimum atomic E-state index is -2.23. The topological polar surface area (TPSA) is 33.5 Å². The molecule has 0 saturated heterocycles. The number of pyridine rings is 1. The van der Waals surface area contributed by atoms with Gasteiger partial charge < -0.3 is 19.1 Å². The third kappa shape index (κ3) is 10.2. The van der Waals surface area contributed by atoms with Crippen LogP contribution in [-0.4, -0.2) is 9.55 Å². The fourth-order valence-electron chi connectivity index (χ4n) is 11.0. The van der Waals surface area contributed by atoms with Crippen molar-refractivity contribution >= 4 is 44.6 Å². The SMILES string of the molecule is [2H]c1c([2H])c(-c2c([2H])c(C(C)(C)C)c([2H])c(C([2H])([2H])C(C)C)c2[2H])c([2H])c([2H])c1-c1cccc(-c2ccc3c(c2)C(C)(C)CCC3(C)C)c1N1[CH-]N(c2[c-]c(Oc3[c-]c4c(cc3)c3c([2H])c([2H])c([2H])c([2H])c3n4-c3cc(C(C)(C)C)ccn3)ccc2)c2ccccc21.[Pt]. The summed E-state index contributed by atoms with van der Waals surface area (Å²) < 4.78 is 131. The van der Waals surface area contributed by atoms with Crippen LogP contribution < -0.4 is 14.5 Å². The van der Waals surface area contributed by atoms with E-state index in [4.69, 9.17) is 15.2 Å². The molecule has 0 spiro atoms. The number of fused-ring (bicyclic) bond motifs is 5. The fourth-order valence-corrected chi connectivity index (χ4v) is 11.0. The average Bonchev–Trinajstić information content (AvgIpc) is 1.72. The monoisotopic (exact) mass is 1240 g/mol. The summed E-state index contributed by atoms with van der Waals surface area (Å²) in [6, 6.07) is 35.6. The Balaban J connectivity index is 0.00000884. The summed E-state index contributed by atoms with van der Waals surface area (Å²) in [5.74, 6) is 0.354. The van der Waals surface area contributed by atoms with Crippen LogP contribution in [0.3, 0.4) is 0 Å². The largest absolute Gasteiger partial charge is 0.509 e. The molecule has 0 unspecified atom stereocenters. The number of hydrogen-bond donors (Lipinski definition) is 0. The van der Waals surface area contributed by atoms with E-state index in [0.29, 0.717) is 50.5 Å². The molecule has 408 valence electrons. The van der Waals surface area contributed by atoms with Crippen molar-refractivity contribution in [1.29, 1.82) is 0 Å². The maximum atomic E-state index is 10.0. The van der Waals surface area contributed by atoms with E-state index in [9.17, 15) is 12.3 Å². The molecule has 3 heterocycles. The molecule has 6 heteroatoms. The summed E-state index contributed by atoms with van der Waals surface area (Å²) in [4.78, 5) is 8.69. The predicted molar refractivity (Wildman–Crippen MR) is 332 cm³/mol. The number of rotatable bonds is 10. The summed E-state index contributed by atoms with van der Waals surface area (Å²) in [5.41, 5.74) is 6.48. The minimum Gasteiger partial charge on any atom is -0.509 e. The van der Waals surface area contributed by atoms with Gasteiger partial charge in [0.25, 0.3) is 0 Å². The van der Waals surface area contributed by atoms with Crippen molar-refractivity contribution in [1.82, 2.24) is 9.55 Å². The van der Waals surface area contributed by atoms with E-state index in [-0.39, 0.29) is 113 Å². The number of para-hydroxylation sites is 4. The van der Waals surface area contributed by atoms with Crippen molar-refractivity contribution in [2.75, 3.05) is 9.80 Å². The van der Waals surface area contributed by atoms with Crippen molar-refractivity contribution in [3.05, 3.63) is 222 Å². The number of hydrogen-bond acceptors (Lipinski definition) is 4. The van der Waals surface area contributed by atoms with Gasteiger partial charge in [0.05, 0.1) is 15.1 Å². The molecular formula is C74H73N4OPt-3. The Hall–Kier alpha value is -7.20. The first kappa shape index (κ1) is 40.9. The van der Waals surface area contributed by atoms with Gasteiger partial charge in [0.1, 0.15) is 5.82 Å². The fraction of sp³-hybridized carbons (Fsp3) is 0.270. The van der Waals surface area contributed by atoms with E-state index >= 15 is 0 Å². The summed E-state index contributed by atoms with van der Waals surface area (Å²) >= 11 is 0. The van der Waals surface area contributed by atoms with Gasteiger partial charge in [-0.15, -0.1) is 48.1 Å². The van der Waals surface area contributed by atoms with E-state index in [1.807, 2.05) is 77.1 Å². The molecular weight excluding hydrogens is 1160 g/mol. The molecule has 0 fully saturated rings. The zero-order valence-electron chi connectivity index (χ0n) is 60.5. The molecule has 1 aliphatic carbocycles. The Kier molecular flexibility index (Phi) is 10.6. The molecule has 0 radical (unpaired) electrons.